The molecule has 1 N–H and O–H groups in total. The van der Waals surface area contributed by atoms with Crippen LogP contribution in [0.4, 0.5) is 22.4 Å². The summed E-state index contributed by atoms with van der Waals surface area (Å²) in [4.78, 5) is 30.1. The Morgan fingerprint density at radius 1 is 1.15 bits per heavy atom. The highest BCUT2D eigenvalue weighted by atomic mass is 19.4. The highest BCUT2D eigenvalue weighted by molar-refractivity contribution is 5.79. The minimum absolute atomic E-state index is 0.0164. The molecular weight excluding hydrogens is 442 g/mol. The smallest absolute Gasteiger partial charge is 0.416 e. The molecular formula is C23H23F4N3O3. The molecule has 3 aromatic rings. The summed E-state index contributed by atoms with van der Waals surface area (Å²) >= 11 is 0. The third-order valence-corrected chi connectivity index (χ3v) is 4.72. The molecule has 0 fully saturated rings. The van der Waals surface area contributed by atoms with Gasteiger partial charge in [-0.25, -0.2) is 14.2 Å². The van der Waals surface area contributed by atoms with Crippen LogP contribution < -0.4 is 10.9 Å². The number of benzene rings is 2. The molecule has 0 radical (unpaired) electrons. The molecule has 10 heteroatoms. The van der Waals surface area contributed by atoms with Crippen molar-refractivity contribution in [2.45, 2.75) is 51.9 Å². The van der Waals surface area contributed by atoms with Gasteiger partial charge in [-0.3, -0.25) is 9.36 Å². The molecule has 2 aromatic carbocycles. The van der Waals surface area contributed by atoms with E-state index in [1.54, 1.807) is 27.7 Å². The Hall–Kier alpha value is -3.43. The number of carbonyl (C=O) groups excluding carboxylic acids is 1. The van der Waals surface area contributed by atoms with Gasteiger partial charge in [0, 0.05) is 0 Å². The van der Waals surface area contributed by atoms with Crippen molar-refractivity contribution >= 4 is 17.0 Å². The van der Waals surface area contributed by atoms with E-state index in [0.29, 0.717) is 0 Å². The molecule has 0 unspecified atom stereocenters. The second kappa shape index (κ2) is 8.84. The van der Waals surface area contributed by atoms with Crippen LogP contribution in [0.3, 0.4) is 0 Å². The van der Waals surface area contributed by atoms with Crippen LogP contribution in [0.15, 0.2) is 47.3 Å². The third-order valence-electron chi connectivity index (χ3n) is 4.72. The summed E-state index contributed by atoms with van der Waals surface area (Å²) in [5, 5.41) is 2.23. The molecule has 1 aromatic heterocycles. The lowest BCUT2D eigenvalue weighted by atomic mass is 10.1. The Labute approximate surface area is 187 Å². The lowest BCUT2D eigenvalue weighted by molar-refractivity contribution is -0.137. The number of nitrogens with zero attached hydrogens (tertiary/aromatic N) is 2. The molecule has 0 aliphatic carbocycles. The van der Waals surface area contributed by atoms with E-state index in [1.165, 1.54) is 18.2 Å². The predicted octanol–water partition coefficient (Wildman–Crippen LogP) is 5.52. The number of aromatic nitrogens is 2. The lowest BCUT2D eigenvalue weighted by Crippen LogP contribution is -2.38. The summed E-state index contributed by atoms with van der Waals surface area (Å²) in [7, 11) is 0. The number of halogens is 4. The molecule has 0 saturated heterocycles. The number of nitrogens with one attached hydrogen (secondary N) is 1. The Morgan fingerprint density at radius 2 is 1.82 bits per heavy atom. The van der Waals surface area contributed by atoms with Gasteiger partial charge >= 0.3 is 12.3 Å². The van der Waals surface area contributed by atoms with Gasteiger partial charge in [-0.1, -0.05) is 19.1 Å². The molecule has 1 heterocycles. The maximum atomic E-state index is 14.5. The van der Waals surface area contributed by atoms with E-state index < -0.39 is 40.9 Å². The van der Waals surface area contributed by atoms with Crippen LogP contribution in [0.5, 0.6) is 0 Å². The highest BCUT2D eigenvalue weighted by Crippen LogP contribution is 2.31. The second-order valence-corrected chi connectivity index (χ2v) is 8.40. The largest absolute Gasteiger partial charge is 0.444 e. The van der Waals surface area contributed by atoms with E-state index in [4.69, 9.17) is 4.74 Å². The number of fused-ring (bicyclic) bond motifs is 1. The van der Waals surface area contributed by atoms with Crippen molar-refractivity contribution in [3.05, 3.63) is 70.0 Å². The minimum Gasteiger partial charge on any atom is -0.444 e. The monoisotopic (exact) mass is 465 g/mol. The number of rotatable bonds is 4. The number of alkyl carbamates (subject to hydrolysis) is 1. The maximum Gasteiger partial charge on any atom is 0.416 e. The van der Waals surface area contributed by atoms with Crippen molar-refractivity contribution in [2.24, 2.45) is 0 Å². The van der Waals surface area contributed by atoms with Gasteiger partial charge in [0.25, 0.3) is 5.56 Å². The number of amides is 1. The van der Waals surface area contributed by atoms with Crippen LogP contribution >= 0.6 is 0 Å². The van der Waals surface area contributed by atoms with Crippen molar-refractivity contribution in [3.8, 4) is 5.69 Å². The van der Waals surface area contributed by atoms with Crippen molar-refractivity contribution in [1.29, 1.82) is 0 Å². The Balaban J connectivity index is 2.26. The van der Waals surface area contributed by atoms with E-state index in [9.17, 15) is 27.2 Å². The van der Waals surface area contributed by atoms with Crippen LogP contribution in [-0.4, -0.2) is 21.2 Å². The van der Waals surface area contributed by atoms with Crippen molar-refractivity contribution in [2.75, 3.05) is 0 Å². The second-order valence-electron chi connectivity index (χ2n) is 8.40. The van der Waals surface area contributed by atoms with Gasteiger partial charge in [0.15, 0.2) is 0 Å². The summed E-state index contributed by atoms with van der Waals surface area (Å²) in [6, 6.07) is 7.01. The fraction of sp³-hybridized carbons (Fsp3) is 0.348. The summed E-state index contributed by atoms with van der Waals surface area (Å²) in [6.07, 6.45) is -5.22. The zero-order valence-corrected chi connectivity index (χ0v) is 18.5. The van der Waals surface area contributed by atoms with E-state index in [1.807, 2.05) is 0 Å². The summed E-state index contributed by atoms with van der Waals surface area (Å²) in [5.74, 6) is -0.906. The highest BCUT2D eigenvalue weighted by Gasteiger charge is 2.31. The third kappa shape index (κ3) is 5.32. The number of carbonyl (C=O) groups is 1. The van der Waals surface area contributed by atoms with Crippen LogP contribution in [0.2, 0.25) is 0 Å². The van der Waals surface area contributed by atoms with Gasteiger partial charge in [-0.2, -0.15) is 13.2 Å². The molecule has 6 nitrogen and oxygen atoms in total. The van der Waals surface area contributed by atoms with E-state index in [-0.39, 0.29) is 28.8 Å². The minimum atomic E-state index is -4.66. The van der Waals surface area contributed by atoms with Gasteiger partial charge in [0.2, 0.25) is 0 Å². The van der Waals surface area contributed by atoms with Crippen molar-refractivity contribution in [3.63, 3.8) is 0 Å². The number of hydrogen-bond acceptors (Lipinski definition) is 4. The van der Waals surface area contributed by atoms with Crippen LogP contribution in [-0.2, 0) is 10.9 Å². The van der Waals surface area contributed by atoms with Crippen molar-refractivity contribution < 1.29 is 27.1 Å². The molecule has 1 atom stereocenters. The molecule has 0 saturated carbocycles. The van der Waals surface area contributed by atoms with E-state index in [0.717, 1.165) is 28.8 Å². The zero-order chi connectivity index (χ0) is 24.6. The number of hydrogen-bond donors (Lipinski definition) is 1. The van der Waals surface area contributed by atoms with Crippen LogP contribution in [0.25, 0.3) is 16.6 Å². The first-order valence-electron chi connectivity index (χ1n) is 10.2. The standard InChI is InChI=1S/C23H23F4N3O3/c1-5-16(29-21(32)33-22(2,3)4)19-28-17-11-7-10-15(24)18(17)20(31)30(19)14-9-6-8-13(12-14)23(25,26)27/h6-12,16H,5H2,1-4H3,(H,29,32)/t16-/m0/s1. The lowest BCUT2D eigenvalue weighted by Gasteiger charge is -2.25. The molecule has 0 spiro atoms. The molecule has 0 aliphatic heterocycles. The molecule has 176 valence electrons. The quantitative estimate of drug-likeness (QED) is 0.515. The Bertz CT molecular complexity index is 1250. The zero-order valence-electron chi connectivity index (χ0n) is 18.5. The number of ether oxygens (including phenoxy) is 1. The first-order valence-corrected chi connectivity index (χ1v) is 10.2. The van der Waals surface area contributed by atoms with Gasteiger partial charge in [-0.05, 0) is 57.5 Å². The average Bonchev–Trinajstić information content (AvgIpc) is 2.70. The molecule has 1 amide bonds. The summed E-state index contributed by atoms with van der Waals surface area (Å²) in [5.41, 5.74) is -2.82. The molecule has 3 rings (SSSR count). The van der Waals surface area contributed by atoms with Crippen molar-refractivity contribution in [1.82, 2.24) is 14.9 Å². The molecule has 0 bridgehead atoms. The SMILES string of the molecule is CC[C@H](NC(=O)OC(C)(C)C)c1nc2cccc(F)c2c(=O)n1-c1cccc(C(F)(F)F)c1. The average molecular weight is 465 g/mol. The molecule has 0 aliphatic rings. The van der Waals surface area contributed by atoms with E-state index >= 15 is 0 Å². The normalized spacial score (nSPS) is 13.1. The van der Waals surface area contributed by atoms with Crippen LogP contribution in [0.1, 0.15) is 51.5 Å². The van der Waals surface area contributed by atoms with Gasteiger partial charge in [0.05, 0.1) is 22.8 Å². The topological polar surface area (TPSA) is 73.2 Å². The Morgan fingerprint density at radius 3 is 2.42 bits per heavy atom. The molecule has 33 heavy (non-hydrogen) atoms. The summed E-state index contributed by atoms with van der Waals surface area (Å²) in [6.45, 7) is 6.70. The predicted molar refractivity (Wildman–Crippen MR) is 115 cm³/mol. The first kappa shape index (κ1) is 24.2. The van der Waals surface area contributed by atoms with Crippen LogP contribution in [0, 0.1) is 5.82 Å². The number of alkyl halides is 3. The summed E-state index contributed by atoms with van der Waals surface area (Å²) < 4.78 is 60.6. The maximum absolute atomic E-state index is 14.5. The van der Waals surface area contributed by atoms with Gasteiger partial charge < -0.3 is 10.1 Å². The first-order chi connectivity index (χ1) is 15.3. The fourth-order valence-electron chi connectivity index (χ4n) is 3.31. The fourth-order valence-corrected chi connectivity index (χ4v) is 3.31. The van der Waals surface area contributed by atoms with Gasteiger partial charge in [0.1, 0.15) is 22.6 Å². The van der Waals surface area contributed by atoms with Gasteiger partial charge in [-0.15, -0.1) is 0 Å². The van der Waals surface area contributed by atoms with E-state index in [2.05, 4.69) is 10.3 Å². The Kier molecular flexibility index (Phi) is 6.49.